The van der Waals surface area contributed by atoms with Gasteiger partial charge in [0.2, 0.25) is 0 Å². The van der Waals surface area contributed by atoms with E-state index in [-0.39, 0.29) is 0 Å². The highest BCUT2D eigenvalue weighted by Crippen LogP contribution is 2.19. The van der Waals surface area contributed by atoms with E-state index in [1.807, 2.05) is 6.92 Å². The second-order valence-corrected chi connectivity index (χ2v) is 5.33. The molecule has 0 spiro atoms. The lowest BCUT2D eigenvalue weighted by Gasteiger charge is -2.23. The van der Waals surface area contributed by atoms with Gasteiger partial charge in [0.25, 0.3) is 5.91 Å². The molecule has 24 heavy (non-hydrogen) atoms. The molecule has 2 atom stereocenters. The van der Waals surface area contributed by atoms with Gasteiger partial charge in [0.05, 0.1) is 19.3 Å². The van der Waals surface area contributed by atoms with Crippen molar-refractivity contribution in [3.63, 3.8) is 0 Å². The number of hydrogen-bond acceptors (Lipinski definition) is 5. The Labute approximate surface area is 140 Å². The van der Waals surface area contributed by atoms with Gasteiger partial charge in [-0.1, -0.05) is 18.2 Å². The minimum atomic E-state index is -1.05. The first-order valence-electron chi connectivity index (χ1n) is 7.73. The van der Waals surface area contributed by atoms with Crippen molar-refractivity contribution in [3.05, 3.63) is 59.7 Å². The van der Waals surface area contributed by atoms with Crippen molar-refractivity contribution in [2.24, 2.45) is 0 Å². The number of nitrogen functional groups attached to an aromatic ring is 1. The van der Waals surface area contributed by atoms with Crippen molar-refractivity contribution in [3.8, 4) is 5.75 Å². The second kappa shape index (κ2) is 8.33. The number of aliphatic hydroxyl groups is 2. The van der Waals surface area contributed by atoms with E-state index in [0.717, 1.165) is 0 Å². The van der Waals surface area contributed by atoms with Crippen molar-refractivity contribution in [1.82, 2.24) is 5.32 Å². The van der Waals surface area contributed by atoms with Gasteiger partial charge < -0.3 is 26.0 Å². The molecule has 0 radical (unpaired) electrons. The molecule has 0 saturated heterocycles. The number of benzene rings is 2. The highest BCUT2D eigenvalue weighted by atomic mass is 16.5. The summed E-state index contributed by atoms with van der Waals surface area (Å²) in [4.78, 5) is 12.4. The van der Waals surface area contributed by atoms with E-state index in [1.54, 1.807) is 48.5 Å². The second-order valence-electron chi connectivity index (χ2n) is 5.33. The summed E-state index contributed by atoms with van der Waals surface area (Å²) in [7, 11) is 0. The number of nitrogens with one attached hydrogen (secondary N) is 1. The van der Waals surface area contributed by atoms with E-state index >= 15 is 0 Å². The van der Waals surface area contributed by atoms with Gasteiger partial charge in [0.15, 0.2) is 0 Å². The first-order chi connectivity index (χ1) is 11.5. The number of carbonyl (C=O) groups excluding carboxylic acids is 1. The molecule has 1 amide bonds. The zero-order valence-corrected chi connectivity index (χ0v) is 13.5. The average molecular weight is 330 g/mol. The first-order valence-corrected chi connectivity index (χ1v) is 7.73. The molecule has 128 valence electrons. The molecular weight excluding hydrogens is 308 g/mol. The van der Waals surface area contributed by atoms with Crippen LogP contribution in [0.2, 0.25) is 0 Å². The predicted molar refractivity (Wildman–Crippen MR) is 91.8 cm³/mol. The topological polar surface area (TPSA) is 105 Å². The van der Waals surface area contributed by atoms with E-state index in [2.05, 4.69) is 5.32 Å². The maximum Gasteiger partial charge on any atom is 0.251 e. The van der Waals surface area contributed by atoms with E-state index in [0.29, 0.717) is 29.2 Å². The summed E-state index contributed by atoms with van der Waals surface area (Å²) in [6, 6.07) is 12.5. The van der Waals surface area contributed by atoms with Gasteiger partial charge >= 0.3 is 0 Å². The molecule has 2 unspecified atom stereocenters. The zero-order valence-electron chi connectivity index (χ0n) is 13.5. The summed E-state index contributed by atoms with van der Waals surface area (Å²) in [5, 5.41) is 22.5. The van der Waals surface area contributed by atoms with Crippen LogP contribution in [-0.2, 0) is 0 Å². The molecule has 2 aromatic carbocycles. The van der Waals surface area contributed by atoms with Gasteiger partial charge in [0, 0.05) is 11.3 Å². The first kappa shape index (κ1) is 17.8. The smallest absolute Gasteiger partial charge is 0.251 e. The van der Waals surface area contributed by atoms with Crippen molar-refractivity contribution in [2.45, 2.75) is 19.1 Å². The molecule has 2 aromatic rings. The van der Waals surface area contributed by atoms with Gasteiger partial charge in [-0.25, -0.2) is 0 Å². The number of carbonyl (C=O) groups is 1. The van der Waals surface area contributed by atoms with E-state index in [9.17, 15) is 15.0 Å². The number of rotatable bonds is 7. The molecule has 5 N–H and O–H groups in total. The van der Waals surface area contributed by atoms with Gasteiger partial charge in [0.1, 0.15) is 11.9 Å². The van der Waals surface area contributed by atoms with Crippen LogP contribution in [0, 0.1) is 0 Å². The lowest BCUT2D eigenvalue weighted by atomic mass is 10.0. The van der Waals surface area contributed by atoms with Crippen LogP contribution >= 0.6 is 0 Å². The molecule has 2 rings (SSSR count). The van der Waals surface area contributed by atoms with E-state index in [1.165, 1.54) is 0 Å². The van der Waals surface area contributed by atoms with Crippen LogP contribution in [0.5, 0.6) is 5.75 Å². The Kier molecular flexibility index (Phi) is 6.17. The monoisotopic (exact) mass is 330 g/mol. The Hall–Kier alpha value is -2.57. The Balaban J connectivity index is 2.10. The molecule has 6 heteroatoms. The number of nitrogens with two attached hydrogens (primary N) is 1. The summed E-state index contributed by atoms with van der Waals surface area (Å²) in [6.07, 6.45) is -1.05. The highest BCUT2D eigenvalue weighted by Gasteiger charge is 2.22. The molecule has 0 aliphatic heterocycles. The van der Waals surface area contributed by atoms with Crippen molar-refractivity contribution >= 4 is 11.6 Å². The molecule has 0 heterocycles. The maximum absolute atomic E-state index is 12.4. The number of ether oxygens (including phenoxy) is 1. The van der Waals surface area contributed by atoms with Crippen molar-refractivity contribution < 1.29 is 19.7 Å². The lowest BCUT2D eigenvalue weighted by Crippen LogP contribution is -2.42. The summed E-state index contributed by atoms with van der Waals surface area (Å²) in [6.45, 7) is 1.96. The van der Waals surface area contributed by atoms with Gasteiger partial charge in [-0.05, 0) is 42.8 Å². The van der Waals surface area contributed by atoms with Gasteiger partial charge in [-0.3, -0.25) is 4.79 Å². The molecule has 6 nitrogen and oxygen atoms in total. The van der Waals surface area contributed by atoms with Crippen LogP contribution in [0.25, 0.3) is 0 Å². The quantitative estimate of drug-likeness (QED) is 0.576. The minimum absolute atomic E-state index is 0.393. The SMILES string of the molecule is CCOc1cccc(C(=O)NC(CO)C(O)c2ccc(N)cc2)c1. The van der Waals surface area contributed by atoms with E-state index in [4.69, 9.17) is 10.5 Å². The summed E-state index contributed by atoms with van der Waals surface area (Å²) in [5.74, 6) is 0.190. The number of aliphatic hydroxyl groups excluding tert-OH is 2. The fraction of sp³-hybridized carbons (Fsp3) is 0.278. The third kappa shape index (κ3) is 4.47. The average Bonchev–Trinajstić information content (AvgIpc) is 2.60. The Morgan fingerprint density at radius 2 is 1.96 bits per heavy atom. The molecule has 0 fully saturated rings. The lowest BCUT2D eigenvalue weighted by molar-refractivity contribution is 0.0703. The van der Waals surface area contributed by atoms with Crippen LogP contribution in [0.15, 0.2) is 48.5 Å². The summed E-state index contributed by atoms with van der Waals surface area (Å²) in [5.41, 5.74) is 7.14. The molecule has 0 aliphatic rings. The highest BCUT2D eigenvalue weighted by molar-refractivity contribution is 5.94. The standard InChI is InChI=1S/C18H22N2O4/c1-2-24-15-5-3-4-13(10-15)18(23)20-16(11-21)17(22)12-6-8-14(19)9-7-12/h3-10,16-17,21-22H,2,11,19H2,1H3,(H,20,23). The van der Waals surface area contributed by atoms with Gasteiger partial charge in [-0.2, -0.15) is 0 Å². The van der Waals surface area contributed by atoms with Crippen LogP contribution in [0.4, 0.5) is 5.69 Å². The predicted octanol–water partition coefficient (Wildman–Crippen LogP) is 1.49. The van der Waals surface area contributed by atoms with E-state index < -0.39 is 24.7 Å². The third-order valence-corrected chi connectivity index (χ3v) is 3.58. The molecular formula is C18H22N2O4. The zero-order chi connectivity index (χ0) is 17.5. The number of anilines is 1. The molecule has 0 bridgehead atoms. The molecule has 0 saturated carbocycles. The Morgan fingerprint density at radius 3 is 2.58 bits per heavy atom. The van der Waals surface area contributed by atoms with Crippen molar-refractivity contribution in [2.75, 3.05) is 18.9 Å². The fourth-order valence-corrected chi connectivity index (χ4v) is 2.30. The van der Waals surface area contributed by atoms with Gasteiger partial charge in [-0.15, -0.1) is 0 Å². The minimum Gasteiger partial charge on any atom is -0.494 e. The summed E-state index contributed by atoms with van der Waals surface area (Å²) < 4.78 is 5.37. The Bertz CT molecular complexity index is 673. The van der Waals surface area contributed by atoms with Crippen LogP contribution in [-0.4, -0.2) is 35.4 Å². The number of amides is 1. The van der Waals surface area contributed by atoms with Crippen LogP contribution < -0.4 is 15.8 Å². The molecule has 0 aromatic heterocycles. The Morgan fingerprint density at radius 1 is 1.25 bits per heavy atom. The maximum atomic E-state index is 12.4. The molecule has 0 aliphatic carbocycles. The van der Waals surface area contributed by atoms with Crippen molar-refractivity contribution in [1.29, 1.82) is 0 Å². The summed E-state index contributed by atoms with van der Waals surface area (Å²) >= 11 is 0. The van der Waals surface area contributed by atoms with Crippen LogP contribution in [0.1, 0.15) is 28.9 Å². The largest absolute Gasteiger partial charge is 0.494 e. The van der Waals surface area contributed by atoms with Crippen LogP contribution in [0.3, 0.4) is 0 Å². The fourth-order valence-electron chi connectivity index (χ4n) is 2.30. The number of hydrogen-bond donors (Lipinski definition) is 4. The normalized spacial score (nSPS) is 13.1. The third-order valence-electron chi connectivity index (χ3n) is 3.58.